The zero-order valence-electron chi connectivity index (χ0n) is 11.5. The Hall–Kier alpha value is -0.530. The van der Waals surface area contributed by atoms with Gasteiger partial charge in [-0.2, -0.15) is 0 Å². The van der Waals surface area contributed by atoms with Crippen molar-refractivity contribution in [3.8, 4) is 0 Å². The maximum atomic E-state index is 6.01. The zero-order chi connectivity index (χ0) is 13.0. The van der Waals surface area contributed by atoms with Crippen LogP contribution < -0.4 is 5.32 Å². The molecule has 1 N–H and O–H groups in total. The van der Waals surface area contributed by atoms with E-state index in [2.05, 4.69) is 31.3 Å². The van der Waals surface area contributed by atoms with Crippen molar-refractivity contribution >= 4 is 11.6 Å². The molecule has 0 radical (unpaired) electrons. The lowest BCUT2D eigenvalue weighted by Crippen LogP contribution is -2.42. The maximum absolute atomic E-state index is 6.01. The van der Waals surface area contributed by atoms with Crippen LogP contribution >= 0.6 is 11.6 Å². The molecule has 0 spiro atoms. The first-order valence-corrected chi connectivity index (χ1v) is 7.51. The molecule has 0 bridgehead atoms. The SMILES string of the molecule is CC(C)CC1(c2ccc(Cl)cc2)CCCCCN1. The molecule has 1 aromatic rings. The molecule has 2 heteroatoms. The van der Waals surface area contributed by atoms with Gasteiger partial charge in [0.2, 0.25) is 0 Å². The molecule has 1 saturated heterocycles. The fraction of sp³-hybridized carbons (Fsp3) is 0.625. The molecule has 18 heavy (non-hydrogen) atoms. The summed E-state index contributed by atoms with van der Waals surface area (Å²) < 4.78 is 0. The van der Waals surface area contributed by atoms with Crippen LogP contribution in [0, 0.1) is 5.92 Å². The van der Waals surface area contributed by atoms with Gasteiger partial charge in [0.05, 0.1) is 0 Å². The van der Waals surface area contributed by atoms with Crippen molar-refractivity contribution < 1.29 is 0 Å². The minimum Gasteiger partial charge on any atom is -0.307 e. The van der Waals surface area contributed by atoms with E-state index in [4.69, 9.17) is 11.6 Å². The van der Waals surface area contributed by atoms with Crippen molar-refractivity contribution in [3.05, 3.63) is 34.9 Å². The molecule has 2 rings (SSSR count). The minimum atomic E-state index is 0.162. The van der Waals surface area contributed by atoms with E-state index in [0.717, 1.165) is 11.6 Å². The monoisotopic (exact) mass is 265 g/mol. The van der Waals surface area contributed by atoms with Crippen LogP contribution in [0.2, 0.25) is 5.02 Å². The Labute approximate surface area is 116 Å². The van der Waals surface area contributed by atoms with E-state index in [1.165, 1.54) is 37.7 Å². The molecular weight excluding hydrogens is 242 g/mol. The molecule has 0 aromatic heterocycles. The van der Waals surface area contributed by atoms with Gasteiger partial charge in [-0.1, -0.05) is 50.4 Å². The van der Waals surface area contributed by atoms with E-state index in [-0.39, 0.29) is 5.54 Å². The number of hydrogen-bond acceptors (Lipinski definition) is 1. The predicted octanol–water partition coefficient (Wildman–Crippen LogP) is 4.75. The first-order valence-electron chi connectivity index (χ1n) is 7.13. The lowest BCUT2D eigenvalue weighted by Gasteiger charge is -2.36. The summed E-state index contributed by atoms with van der Waals surface area (Å²) in [6.45, 7) is 5.75. The van der Waals surface area contributed by atoms with E-state index in [1.807, 2.05) is 12.1 Å². The van der Waals surface area contributed by atoms with E-state index < -0.39 is 0 Å². The molecule has 0 aliphatic carbocycles. The summed E-state index contributed by atoms with van der Waals surface area (Å²) in [5.74, 6) is 0.700. The second kappa shape index (κ2) is 6.08. The normalized spacial score (nSPS) is 25.1. The Kier molecular flexibility index (Phi) is 4.69. The molecule has 100 valence electrons. The van der Waals surface area contributed by atoms with Crippen LogP contribution in [0.25, 0.3) is 0 Å². The summed E-state index contributed by atoms with van der Waals surface area (Å²) in [6, 6.07) is 8.43. The molecular formula is C16H24ClN. The van der Waals surface area contributed by atoms with Gasteiger partial charge in [-0.25, -0.2) is 0 Å². The molecule has 1 aliphatic heterocycles. The number of rotatable bonds is 3. The van der Waals surface area contributed by atoms with Gasteiger partial charge in [-0.05, 0) is 49.4 Å². The van der Waals surface area contributed by atoms with Gasteiger partial charge >= 0.3 is 0 Å². The summed E-state index contributed by atoms with van der Waals surface area (Å²) in [7, 11) is 0. The molecule has 1 aliphatic rings. The van der Waals surface area contributed by atoms with Crippen molar-refractivity contribution in [3.63, 3.8) is 0 Å². The summed E-state index contributed by atoms with van der Waals surface area (Å²) in [5, 5.41) is 4.65. The van der Waals surface area contributed by atoms with Crippen LogP contribution in [0.5, 0.6) is 0 Å². The molecule has 1 unspecified atom stereocenters. The van der Waals surface area contributed by atoms with Crippen molar-refractivity contribution in [2.24, 2.45) is 5.92 Å². The second-order valence-electron chi connectivity index (χ2n) is 5.92. The maximum Gasteiger partial charge on any atom is 0.0437 e. The third-order valence-electron chi connectivity index (χ3n) is 3.90. The number of benzene rings is 1. The Balaban J connectivity index is 2.30. The van der Waals surface area contributed by atoms with Crippen molar-refractivity contribution in [1.29, 1.82) is 0 Å². The van der Waals surface area contributed by atoms with Gasteiger partial charge in [-0.15, -0.1) is 0 Å². The summed E-state index contributed by atoms with van der Waals surface area (Å²) in [5.41, 5.74) is 1.57. The van der Waals surface area contributed by atoms with Crippen molar-refractivity contribution in [1.82, 2.24) is 5.32 Å². The van der Waals surface area contributed by atoms with Crippen molar-refractivity contribution in [2.75, 3.05) is 6.54 Å². The van der Waals surface area contributed by atoms with Crippen molar-refractivity contribution in [2.45, 2.75) is 51.5 Å². The summed E-state index contributed by atoms with van der Waals surface area (Å²) in [4.78, 5) is 0. The largest absolute Gasteiger partial charge is 0.307 e. The molecule has 1 fully saturated rings. The lowest BCUT2D eigenvalue weighted by atomic mass is 9.79. The standard InChI is InChI=1S/C16H24ClN/c1-13(2)12-16(10-4-3-5-11-18-16)14-6-8-15(17)9-7-14/h6-9,13,18H,3-5,10-12H2,1-2H3. The fourth-order valence-electron chi connectivity index (χ4n) is 3.15. The summed E-state index contributed by atoms with van der Waals surface area (Å²) >= 11 is 6.01. The molecule has 1 nitrogen and oxygen atoms in total. The molecule has 0 amide bonds. The van der Waals surface area contributed by atoms with Crippen LogP contribution in [0.3, 0.4) is 0 Å². The smallest absolute Gasteiger partial charge is 0.0437 e. The van der Waals surface area contributed by atoms with E-state index in [1.54, 1.807) is 0 Å². The van der Waals surface area contributed by atoms with Gasteiger partial charge < -0.3 is 5.32 Å². The highest BCUT2D eigenvalue weighted by Gasteiger charge is 2.32. The highest BCUT2D eigenvalue weighted by molar-refractivity contribution is 6.30. The van der Waals surface area contributed by atoms with E-state index >= 15 is 0 Å². The average molecular weight is 266 g/mol. The third-order valence-corrected chi connectivity index (χ3v) is 4.15. The third kappa shape index (κ3) is 3.27. The fourth-order valence-corrected chi connectivity index (χ4v) is 3.27. The number of hydrogen-bond donors (Lipinski definition) is 1. The van der Waals surface area contributed by atoms with Crippen LogP contribution in [0.1, 0.15) is 51.5 Å². The topological polar surface area (TPSA) is 12.0 Å². The Morgan fingerprint density at radius 1 is 1.17 bits per heavy atom. The van der Waals surface area contributed by atoms with Gasteiger partial charge in [0, 0.05) is 10.6 Å². The Morgan fingerprint density at radius 3 is 2.56 bits per heavy atom. The average Bonchev–Trinajstić information content (AvgIpc) is 2.55. The van der Waals surface area contributed by atoms with Crippen LogP contribution in [-0.2, 0) is 5.54 Å². The second-order valence-corrected chi connectivity index (χ2v) is 6.36. The van der Waals surface area contributed by atoms with Crippen LogP contribution in [0.4, 0.5) is 0 Å². The van der Waals surface area contributed by atoms with Crippen LogP contribution in [-0.4, -0.2) is 6.54 Å². The van der Waals surface area contributed by atoms with Gasteiger partial charge in [0.25, 0.3) is 0 Å². The van der Waals surface area contributed by atoms with E-state index in [9.17, 15) is 0 Å². The first kappa shape index (κ1) is 13.9. The van der Waals surface area contributed by atoms with Gasteiger partial charge in [0.15, 0.2) is 0 Å². The predicted molar refractivity (Wildman–Crippen MR) is 79.1 cm³/mol. The number of halogens is 1. The quantitative estimate of drug-likeness (QED) is 0.832. The Morgan fingerprint density at radius 2 is 1.89 bits per heavy atom. The first-order chi connectivity index (χ1) is 8.62. The highest BCUT2D eigenvalue weighted by atomic mass is 35.5. The van der Waals surface area contributed by atoms with Gasteiger partial charge in [0.1, 0.15) is 0 Å². The molecule has 1 aromatic carbocycles. The van der Waals surface area contributed by atoms with Crippen LogP contribution in [0.15, 0.2) is 24.3 Å². The van der Waals surface area contributed by atoms with E-state index in [0.29, 0.717) is 5.92 Å². The number of nitrogens with one attached hydrogen (secondary N) is 1. The zero-order valence-corrected chi connectivity index (χ0v) is 12.3. The summed E-state index contributed by atoms with van der Waals surface area (Å²) in [6.07, 6.45) is 6.41. The lowest BCUT2D eigenvalue weighted by molar-refractivity contribution is 0.263. The molecule has 1 atom stereocenters. The highest BCUT2D eigenvalue weighted by Crippen LogP contribution is 2.36. The molecule has 1 heterocycles. The molecule has 0 saturated carbocycles. The Bertz CT molecular complexity index is 361. The van der Waals surface area contributed by atoms with Gasteiger partial charge in [-0.3, -0.25) is 0 Å². The minimum absolute atomic E-state index is 0.162.